The summed E-state index contributed by atoms with van der Waals surface area (Å²) >= 11 is 0. The molecule has 0 saturated carbocycles. The minimum absolute atomic E-state index is 0. The van der Waals surface area contributed by atoms with Crippen molar-refractivity contribution in [2.75, 3.05) is 54.4 Å². The molecule has 40 heavy (non-hydrogen) atoms. The second-order valence-electron chi connectivity index (χ2n) is 13.9. The minimum atomic E-state index is -0.152. The fraction of sp³-hybridized carbons (Fsp3) is 1.00. The smallest absolute Gasteiger partial charge is 0.105 e. The Kier molecular flexibility index (Phi) is 33.1. The summed E-state index contributed by atoms with van der Waals surface area (Å²) in [4.78, 5) is 0. The Hall–Kier alpha value is 0.420. The van der Waals surface area contributed by atoms with Crippen LogP contribution in [0, 0.1) is 0 Å². The molecule has 0 aromatic rings. The van der Waals surface area contributed by atoms with Gasteiger partial charge in [0.1, 0.15) is 25.3 Å². The summed E-state index contributed by atoms with van der Waals surface area (Å²) < 4.78 is 1.87. The standard InChI is InChI=1S/C34H74N2O2.2ClH/c1-7-9-11-13-15-17-19-23-27-33(37)31-35(3,4)29-25-21-22-26-30-36(5,6)32-34(38)28-24-20-18-16-14-12-10-8-2;;/h33-34,37-38H,7-32H2,1-6H3;2*1H/q+2;;/p-2. The highest BCUT2D eigenvalue weighted by molar-refractivity contribution is 4.58. The number of rotatable bonds is 29. The highest BCUT2D eigenvalue weighted by atomic mass is 35.5. The lowest BCUT2D eigenvalue weighted by Gasteiger charge is -2.33. The average Bonchev–Trinajstić information content (AvgIpc) is 2.84. The Labute approximate surface area is 265 Å². The van der Waals surface area contributed by atoms with E-state index >= 15 is 0 Å². The van der Waals surface area contributed by atoms with E-state index in [1.54, 1.807) is 0 Å². The van der Waals surface area contributed by atoms with E-state index in [0.717, 1.165) is 48.0 Å². The van der Waals surface area contributed by atoms with Crippen molar-refractivity contribution >= 4 is 0 Å². The van der Waals surface area contributed by atoms with Crippen LogP contribution < -0.4 is 24.8 Å². The molecule has 0 aliphatic heterocycles. The maximum absolute atomic E-state index is 10.5. The van der Waals surface area contributed by atoms with Gasteiger partial charge in [-0.1, -0.05) is 117 Å². The molecule has 246 valence electrons. The van der Waals surface area contributed by atoms with Gasteiger partial charge >= 0.3 is 0 Å². The third kappa shape index (κ3) is 31.4. The zero-order valence-electron chi connectivity index (χ0n) is 28.1. The summed E-state index contributed by atoms with van der Waals surface area (Å²) in [6.45, 7) is 8.63. The molecule has 0 amide bonds. The van der Waals surface area contributed by atoms with Crippen molar-refractivity contribution in [3.63, 3.8) is 0 Å². The zero-order chi connectivity index (χ0) is 28.5. The number of nitrogens with zero attached hydrogens (tertiary/aromatic N) is 2. The molecule has 0 radical (unpaired) electrons. The Balaban J connectivity index is -0.00000684. The minimum Gasteiger partial charge on any atom is -1.00 e. The first-order valence-electron chi connectivity index (χ1n) is 17.1. The number of halogens is 2. The summed E-state index contributed by atoms with van der Waals surface area (Å²) in [5, 5.41) is 21.1. The van der Waals surface area contributed by atoms with Gasteiger partial charge in [-0.15, -0.1) is 0 Å². The third-order valence-electron chi connectivity index (χ3n) is 8.47. The van der Waals surface area contributed by atoms with Crippen LogP contribution in [0.5, 0.6) is 0 Å². The molecule has 0 bridgehead atoms. The molecule has 0 fully saturated rings. The van der Waals surface area contributed by atoms with E-state index in [2.05, 4.69) is 42.0 Å². The van der Waals surface area contributed by atoms with Crippen LogP contribution in [0.3, 0.4) is 0 Å². The normalized spacial score (nSPS) is 13.5. The Morgan fingerprint density at radius 1 is 0.400 bits per heavy atom. The molecule has 0 heterocycles. The van der Waals surface area contributed by atoms with Gasteiger partial charge < -0.3 is 44.0 Å². The van der Waals surface area contributed by atoms with Crippen molar-refractivity contribution in [1.82, 2.24) is 0 Å². The molecule has 6 heteroatoms. The summed E-state index contributed by atoms with van der Waals surface area (Å²) in [5.74, 6) is 0. The Morgan fingerprint density at radius 3 is 0.950 bits per heavy atom. The van der Waals surface area contributed by atoms with E-state index < -0.39 is 0 Å². The van der Waals surface area contributed by atoms with Crippen LogP contribution in [0.4, 0.5) is 0 Å². The molecule has 0 aliphatic carbocycles. The van der Waals surface area contributed by atoms with E-state index in [-0.39, 0.29) is 37.0 Å². The molecule has 0 aromatic carbocycles. The van der Waals surface area contributed by atoms with Crippen molar-refractivity contribution in [3.8, 4) is 0 Å². The number of unbranched alkanes of at least 4 members (excludes halogenated alkanes) is 17. The van der Waals surface area contributed by atoms with E-state index in [0.29, 0.717) is 0 Å². The summed E-state index contributed by atoms with van der Waals surface area (Å²) in [6.07, 6.45) is 28.0. The first-order chi connectivity index (χ1) is 18.1. The highest BCUT2D eigenvalue weighted by Crippen LogP contribution is 2.15. The second-order valence-corrected chi connectivity index (χ2v) is 13.9. The fourth-order valence-electron chi connectivity index (χ4n) is 5.97. The molecule has 2 N–H and O–H groups in total. The van der Waals surface area contributed by atoms with Crippen molar-refractivity contribution in [2.24, 2.45) is 0 Å². The van der Waals surface area contributed by atoms with Crippen LogP contribution in [-0.2, 0) is 0 Å². The number of aliphatic hydroxyl groups is 2. The molecular formula is C34H74Cl2N2O2. The Morgan fingerprint density at radius 2 is 0.650 bits per heavy atom. The van der Waals surface area contributed by atoms with E-state index in [1.807, 2.05) is 0 Å². The quantitative estimate of drug-likeness (QED) is 0.101. The number of hydrogen-bond donors (Lipinski definition) is 2. The van der Waals surface area contributed by atoms with Crippen LogP contribution in [0.25, 0.3) is 0 Å². The first kappa shape index (κ1) is 44.9. The summed E-state index contributed by atoms with van der Waals surface area (Å²) in [5.41, 5.74) is 0. The van der Waals surface area contributed by atoms with Crippen molar-refractivity contribution in [3.05, 3.63) is 0 Å². The van der Waals surface area contributed by atoms with E-state index in [1.165, 1.54) is 128 Å². The first-order valence-corrected chi connectivity index (χ1v) is 17.1. The SMILES string of the molecule is CCCCCCCCCCC(O)C[N+](C)(C)CCCCCC[N+](C)(C)CC(O)CCCCCCCCCC.[Cl-].[Cl-]. The lowest BCUT2D eigenvalue weighted by molar-refractivity contribution is -0.894. The average molecular weight is 614 g/mol. The maximum Gasteiger partial charge on any atom is 0.105 e. The van der Waals surface area contributed by atoms with Gasteiger partial charge in [-0.2, -0.15) is 0 Å². The number of aliphatic hydroxyl groups excluding tert-OH is 2. The second kappa shape index (κ2) is 29.5. The van der Waals surface area contributed by atoms with Gasteiger partial charge in [-0.25, -0.2) is 0 Å². The molecule has 0 aliphatic rings. The van der Waals surface area contributed by atoms with Crippen molar-refractivity contribution < 1.29 is 44.0 Å². The van der Waals surface area contributed by atoms with E-state index in [4.69, 9.17) is 0 Å². The predicted molar refractivity (Wildman–Crippen MR) is 169 cm³/mol. The lowest BCUT2D eigenvalue weighted by atomic mass is 10.0. The molecule has 2 unspecified atom stereocenters. The van der Waals surface area contributed by atoms with Gasteiger partial charge in [0.15, 0.2) is 0 Å². The van der Waals surface area contributed by atoms with E-state index in [9.17, 15) is 10.2 Å². The summed E-state index contributed by atoms with van der Waals surface area (Å²) in [6, 6.07) is 0. The van der Waals surface area contributed by atoms with Crippen LogP contribution >= 0.6 is 0 Å². The third-order valence-corrected chi connectivity index (χ3v) is 8.47. The van der Waals surface area contributed by atoms with Crippen molar-refractivity contribution in [1.29, 1.82) is 0 Å². The lowest BCUT2D eigenvalue weighted by Crippen LogP contribution is -3.00. The molecule has 2 atom stereocenters. The topological polar surface area (TPSA) is 40.5 Å². The molecular weight excluding hydrogens is 539 g/mol. The molecule has 4 nitrogen and oxygen atoms in total. The number of quaternary nitrogens is 2. The monoisotopic (exact) mass is 613 g/mol. The van der Waals surface area contributed by atoms with Gasteiger partial charge in [0.2, 0.25) is 0 Å². The fourth-order valence-corrected chi connectivity index (χ4v) is 5.97. The summed E-state index contributed by atoms with van der Waals surface area (Å²) in [7, 11) is 9.13. The highest BCUT2D eigenvalue weighted by Gasteiger charge is 2.21. The molecule has 0 saturated heterocycles. The predicted octanol–water partition coefficient (Wildman–Crippen LogP) is 2.49. The maximum atomic E-state index is 10.5. The van der Waals surface area contributed by atoms with Gasteiger partial charge in [0, 0.05) is 0 Å². The largest absolute Gasteiger partial charge is 1.00 e. The number of likely N-dealkylation sites (N-methyl/N-ethyl adjacent to an activating group) is 2. The van der Waals surface area contributed by atoms with Crippen LogP contribution in [-0.4, -0.2) is 85.8 Å². The van der Waals surface area contributed by atoms with Crippen LogP contribution in [0.2, 0.25) is 0 Å². The zero-order valence-corrected chi connectivity index (χ0v) is 29.6. The number of hydrogen-bond acceptors (Lipinski definition) is 2. The van der Waals surface area contributed by atoms with Crippen LogP contribution in [0.15, 0.2) is 0 Å². The van der Waals surface area contributed by atoms with Gasteiger partial charge in [0.05, 0.1) is 41.3 Å². The molecule has 0 spiro atoms. The Bertz CT molecular complexity index is 462. The van der Waals surface area contributed by atoms with Crippen molar-refractivity contribution in [2.45, 2.75) is 167 Å². The van der Waals surface area contributed by atoms with Gasteiger partial charge in [-0.3, -0.25) is 0 Å². The van der Waals surface area contributed by atoms with Crippen LogP contribution in [0.1, 0.15) is 155 Å². The van der Waals surface area contributed by atoms with Gasteiger partial charge in [0.25, 0.3) is 0 Å². The molecule has 0 aromatic heterocycles. The van der Waals surface area contributed by atoms with Gasteiger partial charge in [-0.05, 0) is 38.5 Å². The molecule has 0 rings (SSSR count).